The smallest absolute Gasteiger partial charge is 0.267 e. The van der Waals surface area contributed by atoms with Crippen molar-refractivity contribution in [2.75, 3.05) is 25.6 Å². The van der Waals surface area contributed by atoms with Crippen LogP contribution < -0.4 is 20.5 Å². The summed E-state index contributed by atoms with van der Waals surface area (Å²) in [6, 6.07) is 13.0. The normalized spacial score (nSPS) is 12.2. The van der Waals surface area contributed by atoms with Crippen molar-refractivity contribution < 1.29 is 27.5 Å². The van der Waals surface area contributed by atoms with E-state index < -0.39 is 22.5 Å². The molecule has 45 heavy (non-hydrogen) atoms. The van der Waals surface area contributed by atoms with Gasteiger partial charge in [-0.3, -0.25) is 9.59 Å². The molecule has 17 heteroatoms. The number of nitrogens with one attached hydrogen (secondary N) is 1. The van der Waals surface area contributed by atoms with Gasteiger partial charge in [0.15, 0.2) is 33.6 Å². The van der Waals surface area contributed by atoms with Crippen molar-refractivity contribution in [3.8, 4) is 17.6 Å². The minimum atomic E-state index is -4.18. The van der Waals surface area contributed by atoms with Crippen LogP contribution in [0.5, 0.6) is 11.5 Å². The highest BCUT2D eigenvalue weighted by Gasteiger charge is 2.28. The van der Waals surface area contributed by atoms with Gasteiger partial charge in [-0.2, -0.15) is 5.26 Å². The van der Waals surface area contributed by atoms with Gasteiger partial charge >= 0.3 is 0 Å². The number of ether oxygens (including phenoxy) is 2. The van der Waals surface area contributed by atoms with Crippen LogP contribution in [0.3, 0.4) is 0 Å². The average molecular weight is 763 g/mol. The lowest BCUT2D eigenvalue weighted by Gasteiger charge is -2.19. The van der Waals surface area contributed by atoms with E-state index in [1.165, 1.54) is 42.4 Å². The molecule has 0 unspecified atom stereocenters. The van der Waals surface area contributed by atoms with Crippen LogP contribution >= 0.6 is 34.4 Å². The first-order chi connectivity index (χ1) is 21.7. The molecule has 0 fully saturated rings. The number of nitrogens with two attached hydrogens (primary N) is 1. The molecule has 2 amide bonds. The zero-order chi connectivity index (χ0) is 32.0. The van der Waals surface area contributed by atoms with Gasteiger partial charge in [-0.1, -0.05) is 30.0 Å². The molecule has 0 saturated carbocycles. The van der Waals surface area contributed by atoms with Crippen molar-refractivity contribution in [2.24, 2.45) is 0 Å². The summed E-state index contributed by atoms with van der Waals surface area (Å²) in [7, 11) is -4.18. The minimum Gasteiger partial charge on any atom is -0.454 e. The fourth-order valence-electron chi connectivity index (χ4n) is 4.46. The number of benzene rings is 2. The van der Waals surface area contributed by atoms with Gasteiger partial charge < -0.3 is 25.1 Å². The first kappa shape index (κ1) is 32.2. The maximum Gasteiger partial charge on any atom is 0.267 e. The Balaban J connectivity index is 1.16. The number of aromatic nitrogens is 4. The monoisotopic (exact) mass is 762 g/mol. The Labute approximate surface area is 276 Å². The Morgan fingerprint density at radius 2 is 1.89 bits per heavy atom. The van der Waals surface area contributed by atoms with Gasteiger partial charge in [0.2, 0.25) is 18.6 Å². The zero-order valence-electron chi connectivity index (χ0n) is 23.7. The van der Waals surface area contributed by atoms with Crippen LogP contribution in [0.2, 0.25) is 0 Å². The molecular formula is C28H27IN8O6S2. The maximum atomic E-state index is 12.9. The van der Waals surface area contributed by atoms with Crippen LogP contribution in [-0.2, 0) is 26.2 Å². The number of anilines is 1. The second-order valence-corrected chi connectivity index (χ2v) is 13.7. The van der Waals surface area contributed by atoms with Gasteiger partial charge in [-0.15, -0.1) is 0 Å². The topological polar surface area (TPSA) is 195 Å². The Morgan fingerprint density at radius 1 is 1.13 bits per heavy atom. The van der Waals surface area contributed by atoms with Crippen molar-refractivity contribution in [1.29, 1.82) is 5.26 Å². The summed E-state index contributed by atoms with van der Waals surface area (Å²) in [4.78, 5) is 39.2. The molecule has 1 aliphatic heterocycles. The number of hydrogen-bond donors (Lipinski definition) is 2. The van der Waals surface area contributed by atoms with E-state index in [0.29, 0.717) is 51.6 Å². The van der Waals surface area contributed by atoms with E-state index in [1.807, 2.05) is 16.7 Å². The van der Waals surface area contributed by atoms with Gasteiger partial charge in [0.25, 0.3) is 10.0 Å². The second-order valence-electron chi connectivity index (χ2n) is 9.65. The van der Waals surface area contributed by atoms with Crippen LogP contribution in [0.25, 0.3) is 11.2 Å². The quantitative estimate of drug-likeness (QED) is 0.115. The molecule has 1 aliphatic rings. The second kappa shape index (κ2) is 14.3. The van der Waals surface area contributed by atoms with Gasteiger partial charge in [0.1, 0.15) is 12.9 Å². The highest BCUT2D eigenvalue weighted by atomic mass is 127. The average Bonchev–Trinajstić information content (AvgIpc) is 3.63. The summed E-state index contributed by atoms with van der Waals surface area (Å²) in [6.45, 7) is 0.356. The van der Waals surface area contributed by atoms with E-state index in [1.54, 1.807) is 12.1 Å². The van der Waals surface area contributed by atoms with Gasteiger partial charge in [-0.05, 0) is 59.7 Å². The first-order valence-electron chi connectivity index (χ1n) is 13.7. The number of imidazole rings is 1. The number of nitriles is 1. The number of aryl methyl sites for hydroxylation is 1. The van der Waals surface area contributed by atoms with E-state index >= 15 is 0 Å². The molecular weight excluding hydrogens is 735 g/mol. The third-order valence-electron chi connectivity index (χ3n) is 6.65. The fourth-order valence-corrected chi connectivity index (χ4v) is 7.51. The Kier molecular flexibility index (Phi) is 10.2. The molecule has 14 nitrogen and oxygen atoms in total. The number of rotatable bonds is 13. The summed E-state index contributed by atoms with van der Waals surface area (Å²) in [5.74, 6) is 0.563. The zero-order valence-corrected chi connectivity index (χ0v) is 27.5. The summed E-state index contributed by atoms with van der Waals surface area (Å²) in [6.07, 6.45) is 1.84. The highest BCUT2D eigenvalue weighted by Crippen LogP contribution is 2.41. The molecule has 234 valence electrons. The van der Waals surface area contributed by atoms with Crippen LogP contribution in [0.4, 0.5) is 5.82 Å². The Morgan fingerprint density at radius 3 is 2.64 bits per heavy atom. The number of amides is 2. The molecule has 3 heterocycles. The number of carbonyl (C=O) groups excluding carboxylic acids is 2. The van der Waals surface area contributed by atoms with Crippen molar-refractivity contribution in [2.45, 2.75) is 47.2 Å². The fraction of sp³-hybridized carbons (Fsp3) is 0.286. The molecule has 0 saturated heterocycles. The third kappa shape index (κ3) is 7.40. The van der Waals surface area contributed by atoms with Crippen LogP contribution in [0.15, 0.2) is 63.7 Å². The standard InChI is InChI=1S/C28H27IN8O6S2/c29-19-14-20-21(43-17-42-20)15-22(19)44-28-35-25-26(31)33-16-34-27(25)36(28)12-5-11-32-23(38)8-4-9-24(39)37(13-10-30)45(40,41)18-6-2-1-3-7-18/h1-3,6-7,14-16H,4-5,8-9,11-13,17H2,(H,32,38)(H2,31,33,34). The van der Waals surface area contributed by atoms with E-state index in [4.69, 9.17) is 25.5 Å². The number of hydrogen-bond acceptors (Lipinski definition) is 12. The molecule has 4 aromatic rings. The first-order valence-corrected chi connectivity index (χ1v) is 17.0. The predicted molar refractivity (Wildman–Crippen MR) is 172 cm³/mol. The van der Waals surface area contributed by atoms with Gasteiger partial charge in [0, 0.05) is 34.4 Å². The lowest BCUT2D eigenvalue weighted by Crippen LogP contribution is -2.37. The SMILES string of the molecule is N#CCN(C(=O)CCCC(=O)NCCCn1c(Sc2cc3c(cc2I)OCO3)nc2c(N)ncnc21)S(=O)(=O)c1ccccc1. The van der Waals surface area contributed by atoms with E-state index in [-0.39, 0.29) is 42.7 Å². The largest absolute Gasteiger partial charge is 0.454 e. The summed E-state index contributed by atoms with van der Waals surface area (Å²) < 4.78 is 40.1. The number of sulfonamides is 1. The van der Waals surface area contributed by atoms with Crippen LogP contribution in [0.1, 0.15) is 25.7 Å². The highest BCUT2D eigenvalue weighted by molar-refractivity contribution is 14.1. The molecule has 2 aromatic heterocycles. The molecule has 0 aliphatic carbocycles. The van der Waals surface area contributed by atoms with Crippen molar-refractivity contribution in [3.63, 3.8) is 0 Å². The lowest BCUT2D eigenvalue weighted by molar-refractivity contribution is -0.126. The molecule has 0 bridgehead atoms. The van der Waals surface area contributed by atoms with Crippen molar-refractivity contribution >= 4 is 73.2 Å². The molecule has 0 atom stereocenters. The Hall–Kier alpha value is -4.15. The third-order valence-corrected chi connectivity index (χ3v) is 10.7. The van der Waals surface area contributed by atoms with E-state index in [9.17, 15) is 18.0 Å². The molecule has 0 spiro atoms. The number of carbonyl (C=O) groups is 2. The number of nitrogen functional groups attached to an aromatic ring is 1. The summed E-state index contributed by atoms with van der Waals surface area (Å²) in [5, 5.41) is 12.6. The molecule has 5 rings (SSSR count). The Bertz CT molecular complexity index is 1880. The van der Waals surface area contributed by atoms with E-state index in [2.05, 4.69) is 37.9 Å². The molecule has 2 aromatic carbocycles. The lowest BCUT2D eigenvalue weighted by atomic mass is 10.2. The van der Waals surface area contributed by atoms with Crippen LogP contribution in [0, 0.1) is 14.9 Å². The number of nitrogens with zero attached hydrogens (tertiary/aromatic N) is 6. The maximum absolute atomic E-state index is 12.9. The van der Waals surface area contributed by atoms with Crippen molar-refractivity contribution in [3.05, 3.63) is 52.4 Å². The summed E-state index contributed by atoms with van der Waals surface area (Å²) >= 11 is 3.65. The molecule has 3 N–H and O–H groups in total. The van der Waals surface area contributed by atoms with Gasteiger partial charge in [-0.25, -0.2) is 27.7 Å². The van der Waals surface area contributed by atoms with Crippen molar-refractivity contribution in [1.82, 2.24) is 29.1 Å². The van der Waals surface area contributed by atoms with E-state index in [0.717, 1.165) is 8.47 Å². The number of halogens is 1. The minimum absolute atomic E-state index is 0.0128. The predicted octanol–water partition coefficient (Wildman–Crippen LogP) is 3.31. The number of fused-ring (bicyclic) bond motifs is 2. The van der Waals surface area contributed by atoms with Crippen LogP contribution in [-0.4, -0.2) is 63.9 Å². The van der Waals surface area contributed by atoms with Gasteiger partial charge in [0.05, 0.1) is 11.0 Å². The summed E-state index contributed by atoms with van der Waals surface area (Å²) in [5.41, 5.74) is 7.12. The molecule has 0 radical (unpaired) electrons.